The van der Waals surface area contributed by atoms with Gasteiger partial charge in [-0.25, -0.2) is 0 Å². The molecule has 0 unspecified atom stereocenters. The summed E-state index contributed by atoms with van der Waals surface area (Å²) >= 11 is 6.07. The van der Waals surface area contributed by atoms with Crippen LogP contribution in [0.5, 0.6) is 5.75 Å². The maximum absolute atomic E-state index is 6.07. The Bertz CT molecular complexity index is 404. The first kappa shape index (κ1) is 12.9. The van der Waals surface area contributed by atoms with Crippen LogP contribution in [0, 0.1) is 11.8 Å². The summed E-state index contributed by atoms with van der Waals surface area (Å²) in [5, 5.41) is 0.597. The molecule has 0 spiro atoms. The summed E-state index contributed by atoms with van der Waals surface area (Å²) in [5.74, 6) is 6.43. The topological polar surface area (TPSA) is 35.2 Å². The van der Waals surface area contributed by atoms with E-state index in [1.165, 1.54) is 0 Å². The van der Waals surface area contributed by atoms with Crippen molar-refractivity contribution < 1.29 is 4.74 Å². The van der Waals surface area contributed by atoms with Crippen LogP contribution in [0.15, 0.2) is 18.2 Å². The molecule has 3 heteroatoms. The Morgan fingerprint density at radius 1 is 1.50 bits per heavy atom. The number of halogens is 1. The maximum atomic E-state index is 6.07. The van der Waals surface area contributed by atoms with E-state index in [0.717, 1.165) is 5.56 Å². The molecule has 0 amide bonds. The molecule has 0 aromatic heterocycles. The van der Waals surface area contributed by atoms with Crippen molar-refractivity contribution in [1.82, 2.24) is 0 Å². The summed E-state index contributed by atoms with van der Waals surface area (Å²) in [6.45, 7) is 4.28. The fourth-order valence-corrected chi connectivity index (χ4v) is 1.50. The predicted octanol–water partition coefficient (Wildman–Crippen LogP) is 3.15. The predicted molar refractivity (Wildman–Crippen MR) is 67.6 cm³/mol. The van der Waals surface area contributed by atoms with E-state index in [0.29, 0.717) is 23.8 Å². The van der Waals surface area contributed by atoms with Gasteiger partial charge in [0.1, 0.15) is 5.75 Å². The fraction of sp³-hybridized carbons (Fsp3) is 0.385. The van der Waals surface area contributed by atoms with Gasteiger partial charge in [0.05, 0.1) is 11.6 Å². The van der Waals surface area contributed by atoms with Crippen molar-refractivity contribution in [3.8, 4) is 17.6 Å². The minimum Gasteiger partial charge on any atom is -0.491 e. The molecule has 0 aliphatic heterocycles. The van der Waals surface area contributed by atoms with Crippen LogP contribution in [-0.2, 0) is 0 Å². The van der Waals surface area contributed by atoms with Gasteiger partial charge < -0.3 is 10.5 Å². The van der Waals surface area contributed by atoms with Crippen molar-refractivity contribution in [3.63, 3.8) is 0 Å². The Kier molecular flexibility index (Phi) is 5.18. The van der Waals surface area contributed by atoms with Crippen LogP contribution in [0.4, 0.5) is 0 Å². The third-order valence-electron chi connectivity index (χ3n) is 2.14. The smallest absolute Gasteiger partial charge is 0.137 e. The van der Waals surface area contributed by atoms with Crippen LogP contribution >= 0.6 is 11.6 Å². The van der Waals surface area contributed by atoms with E-state index in [-0.39, 0.29) is 6.04 Å². The average Bonchev–Trinajstić information content (AvgIpc) is 2.26. The van der Waals surface area contributed by atoms with Gasteiger partial charge >= 0.3 is 0 Å². The lowest BCUT2D eigenvalue weighted by Crippen LogP contribution is -2.05. The van der Waals surface area contributed by atoms with Gasteiger partial charge in [-0.2, -0.15) is 0 Å². The molecular formula is C13H16ClNO. The zero-order valence-corrected chi connectivity index (χ0v) is 10.3. The molecule has 1 aromatic rings. The molecule has 0 aliphatic carbocycles. The van der Waals surface area contributed by atoms with Gasteiger partial charge in [-0.05, 0) is 31.5 Å². The zero-order chi connectivity index (χ0) is 12.0. The molecule has 0 aliphatic rings. The number of rotatable bonds is 4. The van der Waals surface area contributed by atoms with Crippen LogP contribution in [0.1, 0.15) is 31.9 Å². The Hall–Kier alpha value is -1.17. The van der Waals surface area contributed by atoms with Gasteiger partial charge in [-0.15, -0.1) is 11.8 Å². The molecular weight excluding hydrogens is 222 g/mol. The van der Waals surface area contributed by atoms with Crippen molar-refractivity contribution in [2.24, 2.45) is 5.73 Å². The van der Waals surface area contributed by atoms with Crippen molar-refractivity contribution in [1.29, 1.82) is 0 Å². The second-order valence-corrected chi connectivity index (χ2v) is 3.91. The second kappa shape index (κ2) is 6.42. The summed E-state index contributed by atoms with van der Waals surface area (Å²) < 4.78 is 5.50. The van der Waals surface area contributed by atoms with Gasteiger partial charge in [0.2, 0.25) is 0 Å². The number of ether oxygens (including phenoxy) is 1. The Labute approximate surface area is 102 Å². The molecule has 0 radical (unpaired) electrons. The Balaban J connectivity index is 2.63. The molecule has 86 valence electrons. The number of nitrogens with two attached hydrogens (primary N) is 1. The Morgan fingerprint density at radius 3 is 2.81 bits per heavy atom. The highest BCUT2D eigenvalue weighted by molar-refractivity contribution is 6.32. The van der Waals surface area contributed by atoms with Crippen LogP contribution in [-0.4, -0.2) is 6.61 Å². The highest BCUT2D eigenvalue weighted by Crippen LogP contribution is 2.27. The molecule has 0 fully saturated rings. The summed E-state index contributed by atoms with van der Waals surface area (Å²) in [6.07, 6.45) is 0.710. The van der Waals surface area contributed by atoms with E-state index in [1.54, 1.807) is 0 Å². The van der Waals surface area contributed by atoms with E-state index in [9.17, 15) is 0 Å². The third-order valence-corrected chi connectivity index (χ3v) is 2.44. The summed E-state index contributed by atoms with van der Waals surface area (Å²) in [7, 11) is 0. The monoisotopic (exact) mass is 237 g/mol. The highest BCUT2D eigenvalue weighted by Gasteiger charge is 2.05. The largest absolute Gasteiger partial charge is 0.491 e. The maximum Gasteiger partial charge on any atom is 0.137 e. The third kappa shape index (κ3) is 3.77. The molecule has 1 aromatic carbocycles. The summed E-state index contributed by atoms with van der Waals surface area (Å²) in [6, 6.07) is 5.60. The van der Waals surface area contributed by atoms with Crippen molar-refractivity contribution in [2.75, 3.05) is 6.61 Å². The normalized spacial score (nSPS) is 11.5. The van der Waals surface area contributed by atoms with Gasteiger partial charge in [0.25, 0.3) is 0 Å². The lowest BCUT2D eigenvalue weighted by molar-refractivity contribution is 0.327. The van der Waals surface area contributed by atoms with Gasteiger partial charge in [-0.3, -0.25) is 0 Å². The number of benzene rings is 1. The van der Waals surface area contributed by atoms with Crippen molar-refractivity contribution in [3.05, 3.63) is 28.8 Å². The first-order valence-corrected chi connectivity index (χ1v) is 5.60. The first-order chi connectivity index (χ1) is 7.65. The molecule has 1 rings (SSSR count). The van der Waals surface area contributed by atoms with E-state index in [1.807, 2.05) is 32.0 Å². The van der Waals surface area contributed by atoms with Crippen LogP contribution < -0.4 is 10.5 Å². The molecule has 0 saturated heterocycles. The van der Waals surface area contributed by atoms with E-state index < -0.39 is 0 Å². The van der Waals surface area contributed by atoms with Crippen LogP contribution in [0.25, 0.3) is 0 Å². The fourth-order valence-electron chi connectivity index (χ4n) is 1.25. The van der Waals surface area contributed by atoms with Gasteiger partial charge in [0, 0.05) is 12.5 Å². The second-order valence-electron chi connectivity index (χ2n) is 3.50. The molecule has 0 heterocycles. The molecule has 1 atom stereocenters. The van der Waals surface area contributed by atoms with Crippen LogP contribution in [0.3, 0.4) is 0 Å². The Morgan fingerprint density at radius 2 is 2.25 bits per heavy atom. The quantitative estimate of drug-likeness (QED) is 0.645. The number of hydrogen-bond acceptors (Lipinski definition) is 2. The summed E-state index contributed by atoms with van der Waals surface area (Å²) in [5.41, 5.74) is 6.76. The minimum absolute atomic E-state index is 0.0162. The standard InChI is InChI=1S/C13H16ClNO/c1-3-4-5-8-16-13-7-6-11(10(2)15)9-12(13)14/h6-7,9-10H,5,8,15H2,1-2H3/t10-/m0/s1. The van der Waals surface area contributed by atoms with Gasteiger partial charge in [0.15, 0.2) is 0 Å². The lowest BCUT2D eigenvalue weighted by atomic mass is 10.1. The molecule has 2 nitrogen and oxygen atoms in total. The molecule has 16 heavy (non-hydrogen) atoms. The van der Waals surface area contributed by atoms with Gasteiger partial charge in [-0.1, -0.05) is 17.7 Å². The van der Waals surface area contributed by atoms with Crippen LogP contribution in [0.2, 0.25) is 5.02 Å². The van der Waals surface area contributed by atoms with E-state index in [2.05, 4.69) is 11.8 Å². The molecule has 0 bridgehead atoms. The first-order valence-electron chi connectivity index (χ1n) is 5.22. The SMILES string of the molecule is CC#CCCOc1ccc([C@H](C)N)cc1Cl. The highest BCUT2D eigenvalue weighted by atomic mass is 35.5. The average molecular weight is 238 g/mol. The van der Waals surface area contributed by atoms with E-state index >= 15 is 0 Å². The summed E-state index contributed by atoms with van der Waals surface area (Å²) in [4.78, 5) is 0. The van der Waals surface area contributed by atoms with Crippen molar-refractivity contribution >= 4 is 11.6 Å². The van der Waals surface area contributed by atoms with Crippen molar-refractivity contribution in [2.45, 2.75) is 26.3 Å². The minimum atomic E-state index is -0.0162. The molecule has 2 N–H and O–H groups in total. The van der Waals surface area contributed by atoms with E-state index in [4.69, 9.17) is 22.1 Å². The molecule has 0 saturated carbocycles. The number of hydrogen-bond donors (Lipinski definition) is 1. The lowest BCUT2D eigenvalue weighted by Gasteiger charge is -2.10. The zero-order valence-electron chi connectivity index (χ0n) is 9.59.